The monoisotopic (exact) mass is 358 g/mol. The van der Waals surface area contributed by atoms with Gasteiger partial charge in [0.2, 0.25) is 17.7 Å². The summed E-state index contributed by atoms with van der Waals surface area (Å²) in [6, 6.07) is 5.98. The molecule has 0 saturated carbocycles. The number of imide groups is 2. The van der Waals surface area contributed by atoms with Gasteiger partial charge in [-0.05, 0) is 24.6 Å². The molecule has 1 aromatic rings. The highest BCUT2D eigenvalue weighted by Gasteiger charge is 2.43. The van der Waals surface area contributed by atoms with E-state index in [1.165, 1.54) is 0 Å². The Morgan fingerprint density at radius 2 is 1.88 bits per heavy atom. The highest BCUT2D eigenvalue weighted by molar-refractivity contribution is 6.07. The van der Waals surface area contributed by atoms with Gasteiger partial charge in [0.25, 0.3) is 5.91 Å². The second kappa shape index (κ2) is 6.58. The first-order valence-electron chi connectivity index (χ1n) is 8.17. The summed E-state index contributed by atoms with van der Waals surface area (Å²) in [5.74, 6) is -1.36. The fourth-order valence-corrected chi connectivity index (χ4v) is 2.96. The summed E-state index contributed by atoms with van der Waals surface area (Å²) in [5, 5.41) is 7.41. The Kier molecular flexibility index (Phi) is 4.45. The number of rotatable bonds is 5. The van der Waals surface area contributed by atoms with Crippen LogP contribution in [0.1, 0.15) is 31.7 Å². The van der Waals surface area contributed by atoms with Crippen molar-refractivity contribution in [1.29, 1.82) is 0 Å². The number of hydrogen-bond acceptors (Lipinski definition) is 5. The average Bonchev–Trinajstić information content (AvgIpc) is 3.04. The van der Waals surface area contributed by atoms with Gasteiger partial charge in [-0.2, -0.15) is 0 Å². The van der Waals surface area contributed by atoms with Crippen LogP contribution >= 0.6 is 0 Å². The smallest absolute Gasteiger partial charge is 0.322 e. The van der Waals surface area contributed by atoms with Crippen molar-refractivity contribution in [1.82, 2.24) is 15.5 Å². The van der Waals surface area contributed by atoms with Crippen LogP contribution in [0.3, 0.4) is 0 Å². The molecule has 2 aliphatic heterocycles. The van der Waals surface area contributed by atoms with Gasteiger partial charge >= 0.3 is 6.03 Å². The number of likely N-dealkylation sites (tertiary alicyclic amines) is 1. The summed E-state index contributed by atoms with van der Waals surface area (Å²) < 4.78 is 0. The van der Waals surface area contributed by atoms with E-state index < -0.39 is 17.5 Å². The zero-order valence-electron chi connectivity index (χ0n) is 14.1. The molecular weight excluding hydrogens is 340 g/mol. The SMILES string of the molecule is CC1(c2cccc(NC(=O)CCN3C(=O)CCC3=O)c2)NC(=O)NC1=O. The maximum atomic E-state index is 12.1. The lowest BCUT2D eigenvalue weighted by Gasteiger charge is -2.21. The molecule has 6 amide bonds. The molecule has 3 N–H and O–H groups in total. The second-order valence-electron chi connectivity index (χ2n) is 6.35. The number of carbonyl (C=O) groups excluding carboxylic acids is 5. The number of hydrogen-bond donors (Lipinski definition) is 3. The van der Waals surface area contributed by atoms with Crippen molar-refractivity contribution >= 4 is 35.3 Å². The van der Waals surface area contributed by atoms with Crippen LogP contribution in [0.5, 0.6) is 0 Å². The Morgan fingerprint density at radius 1 is 1.19 bits per heavy atom. The Balaban J connectivity index is 1.64. The lowest BCUT2D eigenvalue weighted by atomic mass is 9.92. The van der Waals surface area contributed by atoms with Crippen LogP contribution in [-0.4, -0.2) is 41.1 Å². The number of nitrogens with one attached hydrogen (secondary N) is 3. The molecule has 0 aliphatic carbocycles. The summed E-state index contributed by atoms with van der Waals surface area (Å²) in [5.41, 5.74) is -0.253. The molecule has 2 fully saturated rings. The molecular formula is C17H18N4O5. The first-order chi connectivity index (χ1) is 12.3. The van der Waals surface area contributed by atoms with Crippen molar-refractivity contribution in [3.05, 3.63) is 29.8 Å². The molecule has 2 aliphatic rings. The van der Waals surface area contributed by atoms with E-state index in [-0.39, 0.29) is 43.5 Å². The molecule has 26 heavy (non-hydrogen) atoms. The molecule has 0 bridgehead atoms. The minimum Gasteiger partial charge on any atom is -0.326 e. The maximum Gasteiger partial charge on any atom is 0.322 e. The molecule has 1 unspecified atom stereocenters. The quantitative estimate of drug-likeness (QED) is 0.513. The van der Waals surface area contributed by atoms with E-state index in [1.54, 1.807) is 31.2 Å². The van der Waals surface area contributed by atoms with Gasteiger partial charge in [0.15, 0.2) is 0 Å². The third-order valence-electron chi connectivity index (χ3n) is 4.49. The maximum absolute atomic E-state index is 12.1. The van der Waals surface area contributed by atoms with Crippen LogP contribution in [0.4, 0.5) is 10.5 Å². The lowest BCUT2D eigenvalue weighted by molar-refractivity contribution is -0.138. The van der Waals surface area contributed by atoms with Crippen LogP contribution in [0, 0.1) is 0 Å². The number of amides is 6. The molecule has 0 spiro atoms. The van der Waals surface area contributed by atoms with Crippen molar-refractivity contribution in [2.45, 2.75) is 31.7 Å². The second-order valence-corrected chi connectivity index (χ2v) is 6.35. The van der Waals surface area contributed by atoms with E-state index in [0.717, 1.165) is 4.90 Å². The third kappa shape index (κ3) is 3.28. The zero-order chi connectivity index (χ0) is 18.9. The fourth-order valence-electron chi connectivity index (χ4n) is 2.96. The number of carbonyl (C=O) groups is 5. The van der Waals surface area contributed by atoms with E-state index in [4.69, 9.17) is 0 Å². The van der Waals surface area contributed by atoms with Crippen LogP contribution in [0.2, 0.25) is 0 Å². The normalized spacial score (nSPS) is 22.4. The molecule has 9 nitrogen and oxygen atoms in total. The molecule has 2 saturated heterocycles. The highest BCUT2D eigenvalue weighted by atomic mass is 16.2. The Labute approximate surface area is 149 Å². The topological polar surface area (TPSA) is 125 Å². The standard InChI is InChI=1S/C17H18N4O5/c1-17(15(25)19-16(26)20-17)10-3-2-4-11(9-10)18-12(22)7-8-21-13(23)5-6-14(21)24/h2-4,9H,5-8H2,1H3,(H,18,22)(H2,19,20,25,26). The van der Waals surface area contributed by atoms with Crippen LogP contribution in [0.15, 0.2) is 24.3 Å². The van der Waals surface area contributed by atoms with Crippen molar-refractivity contribution in [2.75, 3.05) is 11.9 Å². The Morgan fingerprint density at radius 3 is 2.50 bits per heavy atom. The van der Waals surface area contributed by atoms with Crippen LogP contribution in [0.25, 0.3) is 0 Å². The molecule has 9 heteroatoms. The fraction of sp³-hybridized carbons (Fsp3) is 0.353. The molecule has 1 atom stereocenters. The van der Waals surface area contributed by atoms with Crippen molar-refractivity contribution in [3.63, 3.8) is 0 Å². The zero-order valence-corrected chi connectivity index (χ0v) is 14.1. The van der Waals surface area contributed by atoms with E-state index in [2.05, 4.69) is 16.0 Å². The largest absolute Gasteiger partial charge is 0.326 e. The van der Waals surface area contributed by atoms with Gasteiger partial charge < -0.3 is 10.6 Å². The summed E-state index contributed by atoms with van der Waals surface area (Å²) in [6.07, 6.45) is 0.361. The molecule has 0 radical (unpaired) electrons. The molecule has 3 rings (SSSR count). The Bertz CT molecular complexity index is 805. The first-order valence-corrected chi connectivity index (χ1v) is 8.17. The lowest BCUT2D eigenvalue weighted by Crippen LogP contribution is -2.40. The minimum absolute atomic E-state index is 0.0177. The van der Waals surface area contributed by atoms with Gasteiger partial charge in [0, 0.05) is 31.5 Å². The number of anilines is 1. The number of nitrogens with zero attached hydrogens (tertiary/aromatic N) is 1. The molecule has 2 heterocycles. The van der Waals surface area contributed by atoms with E-state index in [9.17, 15) is 24.0 Å². The first kappa shape index (κ1) is 17.6. The summed E-state index contributed by atoms with van der Waals surface area (Å²) >= 11 is 0. The van der Waals surface area contributed by atoms with E-state index in [1.807, 2.05) is 0 Å². The average molecular weight is 358 g/mol. The summed E-state index contributed by atoms with van der Waals surface area (Å²) in [6.45, 7) is 1.61. The van der Waals surface area contributed by atoms with Crippen molar-refractivity contribution in [2.24, 2.45) is 0 Å². The van der Waals surface area contributed by atoms with Gasteiger partial charge in [0.1, 0.15) is 5.54 Å². The highest BCUT2D eigenvalue weighted by Crippen LogP contribution is 2.26. The molecule has 136 valence electrons. The summed E-state index contributed by atoms with van der Waals surface area (Å²) in [7, 11) is 0. The molecule has 0 aromatic heterocycles. The van der Waals surface area contributed by atoms with Gasteiger partial charge in [-0.25, -0.2) is 4.79 Å². The third-order valence-corrected chi connectivity index (χ3v) is 4.49. The predicted octanol–water partition coefficient (Wildman–Crippen LogP) is 0.219. The van der Waals surface area contributed by atoms with E-state index in [0.29, 0.717) is 11.3 Å². The molecule has 1 aromatic carbocycles. The van der Waals surface area contributed by atoms with Gasteiger partial charge in [-0.1, -0.05) is 12.1 Å². The van der Waals surface area contributed by atoms with Gasteiger partial charge in [0.05, 0.1) is 0 Å². The van der Waals surface area contributed by atoms with Gasteiger partial charge in [-0.3, -0.25) is 29.4 Å². The van der Waals surface area contributed by atoms with Crippen molar-refractivity contribution in [3.8, 4) is 0 Å². The predicted molar refractivity (Wildman–Crippen MR) is 89.7 cm³/mol. The number of urea groups is 1. The number of benzene rings is 1. The summed E-state index contributed by atoms with van der Waals surface area (Å²) in [4.78, 5) is 59.7. The minimum atomic E-state index is -1.22. The van der Waals surface area contributed by atoms with Crippen LogP contribution in [-0.2, 0) is 24.7 Å². The Hall–Kier alpha value is -3.23. The van der Waals surface area contributed by atoms with Crippen LogP contribution < -0.4 is 16.0 Å². The van der Waals surface area contributed by atoms with E-state index >= 15 is 0 Å². The van der Waals surface area contributed by atoms with Gasteiger partial charge in [-0.15, -0.1) is 0 Å². The van der Waals surface area contributed by atoms with Crippen molar-refractivity contribution < 1.29 is 24.0 Å².